The molecule has 0 radical (unpaired) electrons. The van der Waals surface area contributed by atoms with Gasteiger partial charge in [0.25, 0.3) is 5.91 Å². The summed E-state index contributed by atoms with van der Waals surface area (Å²) in [6, 6.07) is -0.678. The lowest BCUT2D eigenvalue weighted by Gasteiger charge is -2.07. The summed E-state index contributed by atoms with van der Waals surface area (Å²) >= 11 is 0. The Labute approximate surface area is 74.5 Å². The molecule has 4 N–H and O–H groups in total. The molecule has 6 nitrogen and oxygen atoms in total. The van der Waals surface area contributed by atoms with Crippen molar-refractivity contribution in [2.45, 2.75) is 13.0 Å². The second kappa shape index (κ2) is 3.70. The molecule has 70 valence electrons. The molecule has 2 amide bonds. The number of hydrogen-bond acceptors (Lipinski definition) is 3. The summed E-state index contributed by atoms with van der Waals surface area (Å²) in [4.78, 5) is 21.8. The molecular formula is C7H10N4O2. The Morgan fingerprint density at radius 3 is 2.85 bits per heavy atom. The van der Waals surface area contributed by atoms with E-state index in [1.807, 2.05) is 0 Å². The van der Waals surface area contributed by atoms with Gasteiger partial charge in [0.2, 0.25) is 5.91 Å². The Balaban J connectivity index is 2.56. The van der Waals surface area contributed by atoms with Gasteiger partial charge in [-0.1, -0.05) is 0 Å². The summed E-state index contributed by atoms with van der Waals surface area (Å²) in [5, 5.41) is 8.49. The van der Waals surface area contributed by atoms with Crippen LogP contribution in [0.15, 0.2) is 12.4 Å². The summed E-state index contributed by atoms with van der Waals surface area (Å²) in [6.07, 6.45) is 2.80. The van der Waals surface area contributed by atoms with Crippen molar-refractivity contribution in [3.05, 3.63) is 18.0 Å². The molecular weight excluding hydrogens is 172 g/mol. The van der Waals surface area contributed by atoms with Gasteiger partial charge in [-0.05, 0) is 6.92 Å². The third-order valence-electron chi connectivity index (χ3n) is 1.53. The van der Waals surface area contributed by atoms with E-state index in [1.165, 1.54) is 19.3 Å². The Morgan fingerprint density at radius 1 is 1.69 bits per heavy atom. The molecule has 0 unspecified atom stereocenters. The third-order valence-corrected chi connectivity index (χ3v) is 1.53. The first kappa shape index (κ1) is 9.24. The zero-order chi connectivity index (χ0) is 9.84. The number of carbonyl (C=O) groups excluding carboxylic acids is 2. The van der Waals surface area contributed by atoms with Gasteiger partial charge in [-0.25, -0.2) is 0 Å². The molecule has 0 fully saturated rings. The third kappa shape index (κ3) is 2.29. The van der Waals surface area contributed by atoms with E-state index in [4.69, 9.17) is 5.73 Å². The number of carbonyl (C=O) groups is 2. The maximum absolute atomic E-state index is 11.2. The smallest absolute Gasteiger partial charge is 0.255 e. The molecule has 1 aromatic heterocycles. The van der Waals surface area contributed by atoms with Gasteiger partial charge in [-0.3, -0.25) is 14.7 Å². The van der Waals surface area contributed by atoms with Crippen molar-refractivity contribution in [1.29, 1.82) is 0 Å². The Kier molecular flexibility index (Phi) is 2.63. The first-order valence-electron chi connectivity index (χ1n) is 3.70. The number of aromatic amines is 1. The van der Waals surface area contributed by atoms with Crippen molar-refractivity contribution in [2.24, 2.45) is 5.73 Å². The molecule has 6 heteroatoms. The fourth-order valence-corrected chi connectivity index (χ4v) is 0.726. The second-order valence-corrected chi connectivity index (χ2v) is 2.58. The Hall–Kier alpha value is -1.85. The van der Waals surface area contributed by atoms with Gasteiger partial charge in [0, 0.05) is 6.20 Å². The predicted molar refractivity (Wildman–Crippen MR) is 44.7 cm³/mol. The summed E-state index contributed by atoms with van der Waals surface area (Å²) in [5.41, 5.74) is 5.33. The van der Waals surface area contributed by atoms with Crippen LogP contribution in [0.25, 0.3) is 0 Å². The van der Waals surface area contributed by atoms with Crippen LogP contribution in [0.1, 0.15) is 17.3 Å². The Morgan fingerprint density at radius 2 is 2.38 bits per heavy atom. The molecule has 0 saturated carbocycles. The van der Waals surface area contributed by atoms with Gasteiger partial charge in [0.1, 0.15) is 6.04 Å². The number of H-pyrrole nitrogens is 1. The number of aromatic nitrogens is 2. The first-order valence-corrected chi connectivity index (χ1v) is 3.70. The minimum absolute atomic E-state index is 0.369. The van der Waals surface area contributed by atoms with E-state index in [0.29, 0.717) is 5.56 Å². The molecule has 1 heterocycles. The molecule has 13 heavy (non-hydrogen) atoms. The fraction of sp³-hybridized carbons (Fsp3) is 0.286. The van der Waals surface area contributed by atoms with Crippen LogP contribution in [0.3, 0.4) is 0 Å². The number of nitrogens with one attached hydrogen (secondary N) is 2. The molecule has 0 aromatic carbocycles. The highest BCUT2D eigenvalue weighted by atomic mass is 16.2. The minimum atomic E-state index is -0.678. The average Bonchev–Trinajstić information content (AvgIpc) is 2.55. The molecule has 0 spiro atoms. The van der Waals surface area contributed by atoms with Crippen molar-refractivity contribution in [3.8, 4) is 0 Å². The first-order chi connectivity index (χ1) is 6.11. The predicted octanol–water partition coefficient (Wildman–Crippen LogP) is -0.987. The minimum Gasteiger partial charge on any atom is -0.368 e. The molecule has 1 aromatic rings. The lowest BCUT2D eigenvalue weighted by Crippen LogP contribution is -2.42. The Bertz CT molecular complexity index is 306. The van der Waals surface area contributed by atoms with Crippen LogP contribution in [-0.4, -0.2) is 28.1 Å². The zero-order valence-corrected chi connectivity index (χ0v) is 7.07. The quantitative estimate of drug-likeness (QED) is 0.559. The highest BCUT2D eigenvalue weighted by Crippen LogP contribution is 1.93. The largest absolute Gasteiger partial charge is 0.368 e. The van der Waals surface area contributed by atoms with Crippen molar-refractivity contribution < 1.29 is 9.59 Å². The number of hydrogen-bond donors (Lipinski definition) is 3. The average molecular weight is 182 g/mol. The summed E-state index contributed by atoms with van der Waals surface area (Å²) < 4.78 is 0. The maximum atomic E-state index is 11.2. The summed E-state index contributed by atoms with van der Waals surface area (Å²) in [6.45, 7) is 1.51. The van der Waals surface area contributed by atoms with E-state index in [2.05, 4.69) is 15.5 Å². The normalized spacial score (nSPS) is 12.1. The van der Waals surface area contributed by atoms with E-state index in [1.54, 1.807) is 0 Å². The topological polar surface area (TPSA) is 101 Å². The van der Waals surface area contributed by atoms with E-state index in [9.17, 15) is 9.59 Å². The van der Waals surface area contributed by atoms with Crippen LogP contribution in [-0.2, 0) is 4.79 Å². The number of rotatable bonds is 3. The number of nitrogens with two attached hydrogens (primary N) is 1. The molecule has 0 aliphatic heterocycles. The van der Waals surface area contributed by atoms with E-state index < -0.39 is 11.9 Å². The van der Waals surface area contributed by atoms with Crippen molar-refractivity contribution in [2.75, 3.05) is 0 Å². The fourth-order valence-electron chi connectivity index (χ4n) is 0.726. The van der Waals surface area contributed by atoms with Gasteiger partial charge in [0.15, 0.2) is 0 Å². The van der Waals surface area contributed by atoms with Crippen LogP contribution < -0.4 is 11.1 Å². The maximum Gasteiger partial charge on any atom is 0.255 e. The van der Waals surface area contributed by atoms with E-state index >= 15 is 0 Å². The highest BCUT2D eigenvalue weighted by molar-refractivity contribution is 5.96. The van der Waals surface area contributed by atoms with Gasteiger partial charge in [-0.15, -0.1) is 0 Å². The van der Waals surface area contributed by atoms with Crippen LogP contribution in [0.2, 0.25) is 0 Å². The number of primary amides is 1. The lowest BCUT2D eigenvalue weighted by atomic mass is 10.3. The highest BCUT2D eigenvalue weighted by Gasteiger charge is 2.13. The molecule has 0 bridgehead atoms. The molecule has 0 saturated heterocycles. The van der Waals surface area contributed by atoms with Gasteiger partial charge in [0.05, 0.1) is 11.8 Å². The summed E-state index contributed by atoms with van der Waals surface area (Å²) in [5.74, 6) is -0.947. The zero-order valence-electron chi connectivity index (χ0n) is 7.07. The van der Waals surface area contributed by atoms with Crippen LogP contribution in [0, 0.1) is 0 Å². The monoisotopic (exact) mass is 182 g/mol. The molecule has 1 rings (SSSR count). The molecule has 0 aliphatic carbocycles. The second-order valence-electron chi connectivity index (χ2n) is 2.58. The van der Waals surface area contributed by atoms with Gasteiger partial charge in [-0.2, -0.15) is 5.10 Å². The van der Waals surface area contributed by atoms with Crippen LogP contribution >= 0.6 is 0 Å². The SMILES string of the molecule is C[C@H](NC(=O)c1cn[nH]c1)C(N)=O. The standard InChI is InChI=1S/C7H10N4O2/c1-4(6(8)12)11-7(13)5-2-9-10-3-5/h2-4H,1H3,(H2,8,12)(H,9,10)(H,11,13)/t4-/m0/s1. The number of nitrogens with zero attached hydrogens (tertiary/aromatic N) is 1. The molecule has 0 aliphatic rings. The van der Waals surface area contributed by atoms with E-state index in [0.717, 1.165) is 0 Å². The van der Waals surface area contributed by atoms with Crippen molar-refractivity contribution in [3.63, 3.8) is 0 Å². The number of amides is 2. The summed E-state index contributed by atoms with van der Waals surface area (Å²) in [7, 11) is 0. The van der Waals surface area contributed by atoms with Crippen molar-refractivity contribution >= 4 is 11.8 Å². The van der Waals surface area contributed by atoms with Crippen LogP contribution in [0.4, 0.5) is 0 Å². The van der Waals surface area contributed by atoms with Gasteiger partial charge < -0.3 is 11.1 Å². The van der Waals surface area contributed by atoms with Crippen LogP contribution in [0.5, 0.6) is 0 Å². The van der Waals surface area contributed by atoms with Gasteiger partial charge >= 0.3 is 0 Å². The lowest BCUT2D eigenvalue weighted by molar-refractivity contribution is -0.119. The molecule has 1 atom stereocenters. The van der Waals surface area contributed by atoms with Crippen molar-refractivity contribution in [1.82, 2.24) is 15.5 Å². The van der Waals surface area contributed by atoms with E-state index in [-0.39, 0.29) is 5.91 Å².